The summed E-state index contributed by atoms with van der Waals surface area (Å²) in [5, 5.41) is 8.68. The summed E-state index contributed by atoms with van der Waals surface area (Å²) in [6.07, 6.45) is -0.537. The number of nitrogens with zero attached hydrogens (tertiary/aromatic N) is 2. The topological polar surface area (TPSA) is 53.3 Å². The summed E-state index contributed by atoms with van der Waals surface area (Å²) in [7, 11) is 1.76. The van der Waals surface area contributed by atoms with Crippen LogP contribution in [0.1, 0.15) is 26.3 Å². The molecule has 1 amide bonds. The number of carbonyl (C=O) groups excluding carboxylic acids is 1. The number of likely N-dealkylation sites (N-methyl/N-ethyl adjacent to an activating group) is 1. The molecule has 1 aromatic rings. The van der Waals surface area contributed by atoms with Crippen molar-refractivity contribution >= 4 is 5.91 Å². The van der Waals surface area contributed by atoms with Crippen LogP contribution in [0.15, 0.2) is 24.3 Å². The van der Waals surface area contributed by atoms with Crippen molar-refractivity contribution in [2.45, 2.75) is 32.9 Å². The van der Waals surface area contributed by atoms with Gasteiger partial charge in [-0.05, 0) is 45.0 Å². The Morgan fingerprint density at radius 3 is 2.28 bits per heavy atom. The third kappa shape index (κ3) is 3.49. The quantitative estimate of drug-likeness (QED) is 0.818. The van der Waals surface area contributed by atoms with Crippen molar-refractivity contribution < 1.29 is 9.53 Å². The second kappa shape index (κ2) is 6.06. The lowest BCUT2D eigenvalue weighted by molar-refractivity contribution is -0.138. The monoisotopic (exact) mass is 246 g/mol. The Kier molecular flexibility index (Phi) is 4.73. The zero-order valence-corrected chi connectivity index (χ0v) is 11.2. The molecule has 0 fully saturated rings. The molecule has 0 aliphatic heterocycles. The molecule has 18 heavy (non-hydrogen) atoms. The van der Waals surface area contributed by atoms with Crippen LogP contribution in [-0.2, 0) is 4.79 Å². The highest BCUT2D eigenvalue weighted by molar-refractivity contribution is 5.80. The lowest BCUT2D eigenvalue weighted by Crippen LogP contribution is -2.41. The molecular weight excluding hydrogens is 228 g/mol. The molecule has 0 aliphatic carbocycles. The fourth-order valence-corrected chi connectivity index (χ4v) is 1.40. The van der Waals surface area contributed by atoms with E-state index in [1.165, 1.54) is 0 Å². The van der Waals surface area contributed by atoms with Gasteiger partial charge < -0.3 is 9.64 Å². The highest BCUT2D eigenvalue weighted by atomic mass is 16.5. The lowest BCUT2D eigenvalue weighted by atomic mass is 10.2. The number of ether oxygens (including phenoxy) is 1. The van der Waals surface area contributed by atoms with E-state index in [2.05, 4.69) is 0 Å². The molecule has 0 N–H and O–H groups in total. The van der Waals surface area contributed by atoms with Gasteiger partial charge in [-0.1, -0.05) is 0 Å². The van der Waals surface area contributed by atoms with Crippen LogP contribution in [0, 0.1) is 11.3 Å². The molecule has 4 heteroatoms. The van der Waals surface area contributed by atoms with Crippen molar-refractivity contribution in [3.8, 4) is 11.8 Å². The van der Waals surface area contributed by atoms with E-state index >= 15 is 0 Å². The summed E-state index contributed by atoms with van der Waals surface area (Å²) in [4.78, 5) is 13.6. The predicted octanol–water partition coefficient (Wildman–Crippen LogP) is 2.19. The second-order valence-corrected chi connectivity index (χ2v) is 4.44. The van der Waals surface area contributed by atoms with E-state index in [4.69, 9.17) is 10.00 Å². The first-order valence-electron chi connectivity index (χ1n) is 5.89. The van der Waals surface area contributed by atoms with Crippen molar-refractivity contribution in [1.82, 2.24) is 4.90 Å². The van der Waals surface area contributed by atoms with Crippen LogP contribution >= 0.6 is 0 Å². The fraction of sp³-hybridized carbons (Fsp3) is 0.429. The van der Waals surface area contributed by atoms with E-state index in [9.17, 15) is 4.79 Å². The Morgan fingerprint density at radius 1 is 1.28 bits per heavy atom. The molecule has 0 aromatic heterocycles. The summed E-state index contributed by atoms with van der Waals surface area (Å²) in [6.45, 7) is 5.62. The second-order valence-electron chi connectivity index (χ2n) is 4.44. The molecular formula is C14H18N2O2. The van der Waals surface area contributed by atoms with E-state index < -0.39 is 6.10 Å². The first-order valence-corrected chi connectivity index (χ1v) is 5.89. The number of benzene rings is 1. The van der Waals surface area contributed by atoms with Crippen LogP contribution in [0.5, 0.6) is 5.75 Å². The molecule has 1 atom stereocenters. The number of nitriles is 1. The van der Waals surface area contributed by atoms with Crippen LogP contribution in [0.2, 0.25) is 0 Å². The van der Waals surface area contributed by atoms with E-state index in [1.807, 2.05) is 19.9 Å². The van der Waals surface area contributed by atoms with Crippen LogP contribution in [0.4, 0.5) is 0 Å². The largest absolute Gasteiger partial charge is 0.481 e. The van der Waals surface area contributed by atoms with Crippen LogP contribution < -0.4 is 4.74 Å². The molecule has 0 saturated carbocycles. The third-order valence-corrected chi connectivity index (χ3v) is 2.77. The first-order chi connectivity index (χ1) is 8.45. The number of hydrogen-bond donors (Lipinski definition) is 0. The normalized spacial score (nSPS) is 11.8. The van der Waals surface area contributed by atoms with Gasteiger partial charge in [0.05, 0.1) is 11.6 Å². The van der Waals surface area contributed by atoms with Crippen molar-refractivity contribution in [3.05, 3.63) is 29.8 Å². The molecule has 1 rings (SSSR count). The molecule has 0 heterocycles. The molecule has 1 aromatic carbocycles. The average molecular weight is 246 g/mol. The minimum Gasteiger partial charge on any atom is -0.481 e. The Morgan fingerprint density at radius 2 is 1.83 bits per heavy atom. The molecule has 0 radical (unpaired) electrons. The van der Waals surface area contributed by atoms with E-state index in [0.717, 1.165) is 0 Å². The molecule has 0 bridgehead atoms. The van der Waals surface area contributed by atoms with Gasteiger partial charge in [0.2, 0.25) is 0 Å². The average Bonchev–Trinajstić information content (AvgIpc) is 2.37. The maximum atomic E-state index is 12.0. The Hall–Kier alpha value is -2.02. The maximum absolute atomic E-state index is 12.0. The summed E-state index contributed by atoms with van der Waals surface area (Å²) in [5.74, 6) is 0.529. The zero-order valence-electron chi connectivity index (χ0n) is 11.2. The standard InChI is InChI=1S/C14H18N2O2/c1-10(2)16(4)14(17)11(3)18-13-7-5-12(9-15)6-8-13/h5-8,10-11H,1-4H3. The molecule has 1 unspecified atom stereocenters. The first kappa shape index (κ1) is 14.0. The predicted molar refractivity (Wildman–Crippen MR) is 69.2 cm³/mol. The molecule has 0 spiro atoms. The van der Waals surface area contributed by atoms with E-state index in [0.29, 0.717) is 11.3 Å². The van der Waals surface area contributed by atoms with Gasteiger partial charge in [0.15, 0.2) is 6.10 Å². The van der Waals surface area contributed by atoms with E-state index in [-0.39, 0.29) is 11.9 Å². The van der Waals surface area contributed by atoms with Gasteiger partial charge in [0.1, 0.15) is 5.75 Å². The number of rotatable bonds is 4. The smallest absolute Gasteiger partial charge is 0.263 e. The SMILES string of the molecule is CC(Oc1ccc(C#N)cc1)C(=O)N(C)C(C)C. The van der Waals surface area contributed by atoms with Crippen molar-refractivity contribution in [1.29, 1.82) is 5.26 Å². The van der Waals surface area contributed by atoms with Crippen LogP contribution in [-0.4, -0.2) is 30.0 Å². The van der Waals surface area contributed by atoms with Crippen molar-refractivity contribution in [3.63, 3.8) is 0 Å². The van der Waals surface area contributed by atoms with Crippen LogP contribution in [0.3, 0.4) is 0 Å². The van der Waals surface area contributed by atoms with Crippen molar-refractivity contribution in [2.75, 3.05) is 7.05 Å². The molecule has 0 saturated heterocycles. The van der Waals surface area contributed by atoms with Gasteiger partial charge >= 0.3 is 0 Å². The Bertz CT molecular complexity index is 446. The summed E-state index contributed by atoms with van der Waals surface area (Å²) >= 11 is 0. The van der Waals surface area contributed by atoms with E-state index in [1.54, 1.807) is 43.1 Å². The Balaban J connectivity index is 2.66. The van der Waals surface area contributed by atoms with Crippen molar-refractivity contribution in [2.24, 2.45) is 0 Å². The fourth-order valence-electron chi connectivity index (χ4n) is 1.40. The summed E-state index contributed by atoms with van der Waals surface area (Å²) in [5.41, 5.74) is 0.570. The van der Waals surface area contributed by atoms with Gasteiger partial charge in [-0.25, -0.2) is 0 Å². The summed E-state index contributed by atoms with van der Waals surface area (Å²) in [6, 6.07) is 8.89. The minimum atomic E-state index is -0.537. The molecule has 0 aliphatic rings. The third-order valence-electron chi connectivity index (χ3n) is 2.77. The minimum absolute atomic E-state index is 0.0608. The van der Waals surface area contributed by atoms with Gasteiger partial charge in [-0.3, -0.25) is 4.79 Å². The van der Waals surface area contributed by atoms with Gasteiger partial charge in [-0.15, -0.1) is 0 Å². The highest BCUT2D eigenvalue weighted by Gasteiger charge is 2.20. The van der Waals surface area contributed by atoms with Gasteiger partial charge in [0, 0.05) is 13.1 Å². The lowest BCUT2D eigenvalue weighted by Gasteiger charge is -2.25. The van der Waals surface area contributed by atoms with Crippen LogP contribution in [0.25, 0.3) is 0 Å². The number of carbonyl (C=O) groups is 1. The molecule has 96 valence electrons. The van der Waals surface area contributed by atoms with Gasteiger partial charge in [-0.2, -0.15) is 5.26 Å². The van der Waals surface area contributed by atoms with Gasteiger partial charge in [0.25, 0.3) is 5.91 Å². The highest BCUT2D eigenvalue weighted by Crippen LogP contribution is 2.14. The maximum Gasteiger partial charge on any atom is 0.263 e. The zero-order chi connectivity index (χ0) is 13.7. The molecule has 4 nitrogen and oxygen atoms in total. The Labute approximate surface area is 108 Å². The number of hydrogen-bond acceptors (Lipinski definition) is 3. The summed E-state index contributed by atoms with van der Waals surface area (Å²) < 4.78 is 5.55. The number of amides is 1.